The molecule has 0 aliphatic rings. The van der Waals surface area contributed by atoms with Crippen LogP contribution in [0, 0.1) is 5.82 Å². The summed E-state index contributed by atoms with van der Waals surface area (Å²) in [5.41, 5.74) is 0.855. The number of ether oxygens (including phenoxy) is 2. The minimum Gasteiger partial charge on any atom is -0.493 e. The van der Waals surface area contributed by atoms with E-state index in [4.69, 9.17) is 14.6 Å². The fraction of sp³-hybridized carbons (Fsp3) is 0.133. The SMILES string of the molecule is COc1cc(CO)ccc1Oc1cc(F)cc(C=O)c1. The predicted molar refractivity (Wildman–Crippen MR) is 70.8 cm³/mol. The van der Waals surface area contributed by atoms with E-state index in [0.29, 0.717) is 23.3 Å². The molecule has 0 aliphatic carbocycles. The fourth-order valence-corrected chi connectivity index (χ4v) is 1.73. The van der Waals surface area contributed by atoms with Gasteiger partial charge in [-0.15, -0.1) is 0 Å². The Bertz CT molecular complexity index is 625. The topological polar surface area (TPSA) is 55.8 Å². The second-order valence-corrected chi connectivity index (χ2v) is 4.08. The van der Waals surface area contributed by atoms with Gasteiger partial charge in [-0.25, -0.2) is 4.39 Å². The molecule has 0 amide bonds. The zero-order valence-corrected chi connectivity index (χ0v) is 10.8. The Hall–Kier alpha value is -2.40. The van der Waals surface area contributed by atoms with Crippen molar-refractivity contribution in [3.05, 3.63) is 53.3 Å². The first-order chi connectivity index (χ1) is 9.66. The van der Waals surface area contributed by atoms with Crippen molar-refractivity contribution < 1.29 is 23.8 Å². The van der Waals surface area contributed by atoms with Crippen molar-refractivity contribution in [1.82, 2.24) is 0 Å². The third-order valence-corrected chi connectivity index (χ3v) is 2.67. The van der Waals surface area contributed by atoms with Gasteiger partial charge in [0.15, 0.2) is 11.5 Å². The summed E-state index contributed by atoms with van der Waals surface area (Å²) in [5, 5.41) is 9.06. The monoisotopic (exact) mass is 276 g/mol. The largest absolute Gasteiger partial charge is 0.493 e. The molecule has 0 saturated heterocycles. The summed E-state index contributed by atoms with van der Waals surface area (Å²) in [6.07, 6.45) is 0.544. The molecule has 2 aromatic rings. The molecule has 0 fully saturated rings. The Labute approximate surface area is 115 Å². The summed E-state index contributed by atoms with van der Waals surface area (Å²) in [4.78, 5) is 10.7. The molecule has 0 aromatic heterocycles. The maximum Gasteiger partial charge on any atom is 0.169 e. The van der Waals surface area contributed by atoms with E-state index in [0.717, 1.165) is 6.07 Å². The lowest BCUT2D eigenvalue weighted by Gasteiger charge is -2.11. The Kier molecular flexibility index (Phi) is 4.32. The molecular weight excluding hydrogens is 263 g/mol. The Morgan fingerprint density at radius 3 is 2.65 bits per heavy atom. The molecule has 0 bridgehead atoms. The minimum atomic E-state index is -0.560. The van der Waals surface area contributed by atoms with Crippen molar-refractivity contribution in [2.24, 2.45) is 0 Å². The molecule has 0 radical (unpaired) electrons. The van der Waals surface area contributed by atoms with E-state index in [-0.39, 0.29) is 17.9 Å². The highest BCUT2D eigenvalue weighted by Crippen LogP contribution is 2.32. The average Bonchev–Trinajstić information content (AvgIpc) is 2.47. The van der Waals surface area contributed by atoms with Crippen LogP contribution >= 0.6 is 0 Å². The van der Waals surface area contributed by atoms with Crippen molar-refractivity contribution in [3.63, 3.8) is 0 Å². The summed E-state index contributed by atoms with van der Waals surface area (Å²) in [7, 11) is 1.46. The van der Waals surface area contributed by atoms with Gasteiger partial charge in [0.25, 0.3) is 0 Å². The second kappa shape index (κ2) is 6.16. The molecule has 5 heteroatoms. The molecule has 2 aromatic carbocycles. The van der Waals surface area contributed by atoms with Gasteiger partial charge in [-0.05, 0) is 29.8 Å². The van der Waals surface area contributed by atoms with Gasteiger partial charge < -0.3 is 14.6 Å². The van der Waals surface area contributed by atoms with E-state index in [1.807, 2.05) is 0 Å². The molecule has 0 spiro atoms. The molecule has 104 valence electrons. The van der Waals surface area contributed by atoms with E-state index in [1.54, 1.807) is 18.2 Å². The molecule has 0 unspecified atom stereocenters. The molecule has 1 N–H and O–H groups in total. The lowest BCUT2D eigenvalue weighted by Crippen LogP contribution is -1.94. The standard InChI is InChI=1S/C15H13FO4/c1-19-15-6-10(8-17)2-3-14(15)20-13-5-11(9-18)4-12(16)7-13/h2-7,9,17H,8H2,1H3. The van der Waals surface area contributed by atoms with Crippen LogP contribution in [-0.4, -0.2) is 18.5 Å². The summed E-state index contributed by atoms with van der Waals surface area (Å²) < 4.78 is 24.0. The number of methoxy groups -OCH3 is 1. The maximum absolute atomic E-state index is 13.3. The number of benzene rings is 2. The van der Waals surface area contributed by atoms with Crippen molar-refractivity contribution in [2.45, 2.75) is 6.61 Å². The highest BCUT2D eigenvalue weighted by molar-refractivity contribution is 5.75. The van der Waals surface area contributed by atoms with Crippen molar-refractivity contribution in [3.8, 4) is 17.2 Å². The van der Waals surface area contributed by atoms with Gasteiger partial charge in [0.2, 0.25) is 0 Å². The van der Waals surface area contributed by atoms with Gasteiger partial charge >= 0.3 is 0 Å². The van der Waals surface area contributed by atoms with Crippen LogP contribution in [0.15, 0.2) is 36.4 Å². The number of rotatable bonds is 5. The molecule has 0 saturated carbocycles. The smallest absolute Gasteiger partial charge is 0.169 e. The summed E-state index contributed by atoms with van der Waals surface area (Å²) in [6, 6.07) is 8.61. The van der Waals surface area contributed by atoms with Gasteiger partial charge in [0, 0.05) is 11.6 Å². The third kappa shape index (κ3) is 3.13. The molecule has 0 aliphatic heterocycles. The normalized spacial score (nSPS) is 10.2. The number of halogens is 1. The van der Waals surface area contributed by atoms with E-state index >= 15 is 0 Å². The van der Waals surface area contributed by atoms with E-state index in [1.165, 1.54) is 19.2 Å². The summed E-state index contributed by atoms with van der Waals surface area (Å²) >= 11 is 0. The van der Waals surface area contributed by atoms with Gasteiger partial charge in [0.05, 0.1) is 13.7 Å². The highest BCUT2D eigenvalue weighted by atomic mass is 19.1. The van der Waals surface area contributed by atoms with E-state index in [9.17, 15) is 9.18 Å². The van der Waals surface area contributed by atoms with Gasteiger partial charge in [0.1, 0.15) is 17.9 Å². The number of aldehydes is 1. The lowest BCUT2D eigenvalue weighted by atomic mass is 10.2. The predicted octanol–water partition coefficient (Wildman–Crippen LogP) is 2.93. The zero-order valence-electron chi connectivity index (χ0n) is 10.8. The van der Waals surface area contributed by atoms with Crippen molar-refractivity contribution in [2.75, 3.05) is 7.11 Å². The zero-order chi connectivity index (χ0) is 14.5. The number of aliphatic hydroxyl groups is 1. The van der Waals surface area contributed by atoms with Crippen LogP contribution in [0.4, 0.5) is 4.39 Å². The van der Waals surface area contributed by atoms with Gasteiger partial charge in [-0.2, -0.15) is 0 Å². The summed E-state index contributed by atoms with van der Waals surface area (Å²) in [5.74, 6) is 0.415. The first kappa shape index (κ1) is 14.0. The molecule has 20 heavy (non-hydrogen) atoms. The van der Waals surface area contributed by atoms with Crippen LogP contribution in [-0.2, 0) is 6.61 Å². The van der Waals surface area contributed by atoms with E-state index in [2.05, 4.69) is 0 Å². The average molecular weight is 276 g/mol. The van der Waals surface area contributed by atoms with Crippen molar-refractivity contribution in [1.29, 1.82) is 0 Å². The Balaban J connectivity index is 2.34. The van der Waals surface area contributed by atoms with Crippen molar-refractivity contribution >= 4 is 6.29 Å². The quantitative estimate of drug-likeness (QED) is 0.853. The number of hydrogen-bond acceptors (Lipinski definition) is 4. The minimum absolute atomic E-state index is 0.119. The molecule has 2 rings (SSSR count). The fourth-order valence-electron chi connectivity index (χ4n) is 1.73. The van der Waals surface area contributed by atoms with Crippen LogP contribution in [0.2, 0.25) is 0 Å². The maximum atomic E-state index is 13.3. The third-order valence-electron chi connectivity index (χ3n) is 2.67. The van der Waals surface area contributed by atoms with Crippen LogP contribution in [0.25, 0.3) is 0 Å². The van der Waals surface area contributed by atoms with E-state index < -0.39 is 5.82 Å². The molecule has 0 atom stereocenters. The first-order valence-electron chi connectivity index (χ1n) is 5.87. The number of hydrogen-bond donors (Lipinski definition) is 1. The number of carbonyl (C=O) groups is 1. The van der Waals surface area contributed by atoms with Crippen LogP contribution in [0.5, 0.6) is 17.2 Å². The Morgan fingerprint density at radius 2 is 2.00 bits per heavy atom. The highest BCUT2D eigenvalue weighted by Gasteiger charge is 2.08. The Morgan fingerprint density at radius 1 is 1.20 bits per heavy atom. The van der Waals surface area contributed by atoms with Gasteiger partial charge in [-0.1, -0.05) is 6.07 Å². The molecular formula is C15H13FO4. The first-order valence-corrected chi connectivity index (χ1v) is 5.87. The molecule has 4 nitrogen and oxygen atoms in total. The van der Waals surface area contributed by atoms with Crippen LogP contribution in [0.1, 0.15) is 15.9 Å². The number of carbonyl (C=O) groups excluding carboxylic acids is 1. The second-order valence-electron chi connectivity index (χ2n) is 4.08. The lowest BCUT2D eigenvalue weighted by molar-refractivity contribution is 0.112. The van der Waals surface area contributed by atoms with Crippen LogP contribution < -0.4 is 9.47 Å². The molecule has 0 heterocycles. The summed E-state index contributed by atoms with van der Waals surface area (Å²) in [6.45, 7) is -0.119. The van der Waals surface area contributed by atoms with Crippen LogP contribution in [0.3, 0.4) is 0 Å². The van der Waals surface area contributed by atoms with Gasteiger partial charge in [-0.3, -0.25) is 4.79 Å². The number of aliphatic hydroxyl groups excluding tert-OH is 1.